The van der Waals surface area contributed by atoms with E-state index in [2.05, 4.69) is 10.6 Å². The molecule has 9 nitrogen and oxygen atoms in total. The maximum Gasteiger partial charge on any atom is 0.436 e. The lowest BCUT2D eigenvalue weighted by Gasteiger charge is -2.33. The first kappa shape index (κ1) is 24.7. The molecular formula is C21H34BN5O4. The van der Waals surface area contributed by atoms with Crippen LogP contribution in [0.15, 0.2) is 30.3 Å². The molecular weight excluding hydrogens is 397 g/mol. The second kappa shape index (κ2) is 12.3. The largest absolute Gasteiger partial charge is 0.436 e. The van der Waals surface area contributed by atoms with Crippen molar-refractivity contribution in [2.75, 3.05) is 20.1 Å². The molecule has 31 heavy (non-hydrogen) atoms. The minimum absolute atomic E-state index is 0.127. The van der Waals surface area contributed by atoms with Crippen LogP contribution in [0, 0.1) is 10.8 Å². The summed E-state index contributed by atoms with van der Waals surface area (Å²) < 4.78 is 5.26. The molecule has 2 amide bonds. The Labute approximate surface area is 184 Å². The minimum Gasteiger partial charge on any atom is -0.430 e. The van der Waals surface area contributed by atoms with Gasteiger partial charge in [-0.3, -0.25) is 15.0 Å². The van der Waals surface area contributed by atoms with E-state index < -0.39 is 19.3 Å². The average Bonchev–Trinajstić information content (AvgIpc) is 3.26. The number of likely N-dealkylation sites (N-methyl/N-ethyl adjacent to an activating group) is 1. The first-order valence-electron chi connectivity index (χ1n) is 10.8. The molecule has 0 saturated heterocycles. The SMILES string of the molecule is CN(CCc1ccccc1)C(=O)C1(C(=O)N[C@@H](CCCNC(=N)N)OBO)CCCC1. The summed E-state index contributed by atoms with van der Waals surface area (Å²) in [5.41, 5.74) is 5.31. The Morgan fingerprint density at radius 3 is 2.61 bits per heavy atom. The Morgan fingerprint density at radius 1 is 1.32 bits per heavy atom. The molecule has 0 aliphatic heterocycles. The van der Waals surface area contributed by atoms with Gasteiger partial charge in [0.25, 0.3) is 0 Å². The number of guanidine groups is 1. The Balaban J connectivity index is 1.98. The highest BCUT2D eigenvalue weighted by Crippen LogP contribution is 2.40. The van der Waals surface area contributed by atoms with Gasteiger partial charge in [-0.05, 0) is 37.7 Å². The molecule has 10 heteroatoms. The van der Waals surface area contributed by atoms with Gasteiger partial charge in [0, 0.05) is 20.1 Å². The van der Waals surface area contributed by atoms with E-state index in [0.717, 1.165) is 24.8 Å². The predicted molar refractivity (Wildman–Crippen MR) is 120 cm³/mol. The second-order valence-corrected chi connectivity index (χ2v) is 7.99. The maximum absolute atomic E-state index is 13.3. The lowest BCUT2D eigenvalue weighted by Crippen LogP contribution is -2.53. The Bertz CT molecular complexity index is 728. The molecule has 1 aliphatic carbocycles. The number of carbonyl (C=O) groups is 2. The molecule has 1 saturated carbocycles. The number of nitrogens with zero attached hydrogens (tertiary/aromatic N) is 1. The predicted octanol–water partition coefficient (Wildman–Crippen LogP) is 0.229. The zero-order valence-electron chi connectivity index (χ0n) is 18.2. The topological polar surface area (TPSA) is 141 Å². The summed E-state index contributed by atoms with van der Waals surface area (Å²) in [6.07, 6.45) is 3.64. The number of nitrogens with one attached hydrogen (secondary N) is 3. The Hall–Kier alpha value is -2.59. The van der Waals surface area contributed by atoms with Crippen molar-refractivity contribution in [1.29, 1.82) is 5.41 Å². The molecule has 2 rings (SSSR count). The van der Waals surface area contributed by atoms with Crippen LogP contribution in [-0.4, -0.2) is 61.7 Å². The van der Waals surface area contributed by atoms with Gasteiger partial charge in [0.05, 0.1) is 0 Å². The van der Waals surface area contributed by atoms with Crippen LogP contribution in [0.1, 0.15) is 44.1 Å². The minimum atomic E-state index is -1.10. The number of rotatable bonds is 12. The third-order valence-corrected chi connectivity index (χ3v) is 5.75. The van der Waals surface area contributed by atoms with Gasteiger partial charge in [0.1, 0.15) is 11.6 Å². The van der Waals surface area contributed by atoms with E-state index in [9.17, 15) is 14.6 Å². The smallest absolute Gasteiger partial charge is 0.430 e. The zero-order chi connectivity index (χ0) is 22.7. The first-order valence-corrected chi connectivity index (χ1v) is 10.8. The van der Waals surface area contributed by atoms with Crippen LogP contribution in [-0.2, 0) is 20.7 Å². The normalized spacial score (nSPS) is 15.7. The lowest BCUT2D eigenvalue weighted by molar-refractivity contribution is -0.150. The molecule has 0 radical (unpaired) electrons. The number of hydrogen-bond acceptors (Lipinski definition) is 5. The molecule has 170 valence electrons. The first-order chi connectivity index (χ1) is 14.9. The molecule has 1 aliphatic rings. The number of nitrogens with two attached hydrogens (primary N) is 1. The van der Waals surface area contributed by atoms with E-state index in [4.69, 9.17) is 15.8 Å². The van der Waals surface area contributed by atoms with E-state index in [0.29, 0.717) is 38.8 Å². The van der Waals surface area contributed by atoms with Gasteiger partial charge >= 0.3 is 7.69 Å². The van der Waals surface area contributed by atoms with Crippen molar-refractivity contribution < 1.29 is 19.3 Å². The van der Waals surface area contributed by atoms with Crippen LogP contribution < -0.4 is 16.4 Å². The molecule has 0 bridgehead atoms. The number of benzene rings is 1. The molecule has 6 N–H and O–H groups in total. The zero-order valence-corrected chi connectivity index (χ0v) is 18.2. The van der Waals surface area contributed by atoms with Crippen LogP contribution >= 0.6 is 0 Å². The second-order valence-electron chi connectivity index (χ2n) is 7.99. The standard InChI is InChI=1S/C21H34BN5O4/c1-27(15-11-16-8-3-2-4-9-16)19(29)21(12-5-6-13-21)18(28)26-17(31-22-30)10-7-14-25-20(23)24/h2-4,8-9,17,22,30H,5-7,10-15H2,1H3,(H,26,28)(H4,23,24,25)/t17-/m1/s1. The molecule has 1 atom stereocenters. The van der Waals surface area contributed by atoms with Gasteiger partial charge in [0.15, 0.2) is 5.96 Å². The van der Waals surface area contributed by atoms with Crippen LogP contribution in [0.5, 0.6) is 0 Å². The number of hydrogen-bond donors (Lipinski definition) is 5. The molecule has 1 fully saturated rings. The van der Waals surface area contributed by atoms with Gasteiger partial charge in [-0.25, -0.2) is 0 Å². The van der Waals surface area contributed by atoms with Crippen LogP contribution in [0.2, 0.25) is 0 Å². The van der Waals surface area contributed by atoms with Crippen molar-refractivity contribution in [3.63, 3.8) is 0 Å². The molecule has 1 aromatic rings. The maximum atomic E-state index is 13.3. The van der Waals surface area contributed by atoms with E-state index in [-0.39, 0.29) is 17.8 Å². The van der Waals surface area contributed by atoms with Crippen LogP contribution in [0.3, 0.4) is 0 Å². The number of carbonyl (C=O) groups excluding carboxylic acids is 2. The number of amides is 2. The van der Waals surface area contributed by atoms with Gasteiger partial charge in [0.2, 0.25) is 11.8 Å². The Morgan fingerprint density at radius 2 is 2.00 bits per heavy atom. The average molecular weight is 431 g/mol. The lowest BCUT2D eigenvalue weighted by atomic mass is 9.83. The fraction of sp³-hybridized carbons (Fsp3) is 0.571. The molecule has 0 spiro atoms. The fourth-order valence-corrected chi connectivity index (χ4v) is 4.01. The quantitative estimate of drug-likeness (QED) is 0.0801. The summed E-state index contributed by atoms with van der Waals surface area (Å²) in [6, 6.07) is 9.94. The van der Waals surface area contributed by atoms with Crippen molar-refractivity contribution in [1.82, 2.24) is 15.5 Å². The summed E-state index contributed by atoms with van der Waals surface area (Å²) in [5, 5.41) is 21.9. The van der Waals surface area contributed by atoms with Crippen molar-refractivity contribution in [2.45, 2.75) is 51.2 Å². The van der Waals surface area contributed by atoms with Crippen LogP contribution in [0.4, 0.5) is 0 Å². The van der Waals surface area contributed by atoms with E-state index >= 15 is 0 Å². The van der Waals surface area contributed by atoms with Crippen molar-refractivity contribution in [2.24, 2.45) is 11.1 Å². The van der Waals surface area contributed by atoms with Gasteiger partial charge in [-0.1, -0.05) is 43.2 Å². The van der Waals surface area contributed by atoms with E-state index in [1.807, 2.05) is 30.3 Å². The summed E-state index contributed by atoms with van der Waals surface area (Å²) >= 11 is 0. The van der Waals surface area contributed by atoms with Crippen molar-refractivity contribution in [3.05, 3.63) is 35.9 Å². The summed E-state index contributed by atoms with van der Waals surface area (Å²) in [6.45, 7) is 0.980. The Kier molecular flexibility index (Phi) is 9.80. The molecule has 0 unspecified atom stereocenters. The third-order valence-electron chi connectivity index (χ3n) is 5.75. The molecule has 0 heterocycles. The van der Waals surface area contributed by atoms with Gasteiger partial charge in [-0.2, -0.15) is 0 Å². The van der Waals surface area contributed by atoms with Gasteiger partial charge < -0.3 is 30.9 Å². The molecule has 0 aromatic heterocycles. The third kappa shape index (κ3) is 7.25. The van der Waals surface area contributed by atoms with Gasteiger partial charge in [-0.15, -0.1) is 0 Å². The van der Waals surface area contributed by atoms with Crippen molar-refractivity contribution >= 4 is 25.5 Å². The van der Waals surface area contributed by atoms with Crippen LogP contribution in [0.25, 0.3) is 0 Å². The molecule has 1 aromatic carbocycles. The van der Waals surface area contributed by atoms with Crippen molar-refractivity contribution in [3.8, 4) is 0 Å². The highest BCUT2D eigenvalue weighted by molar-refractivity contribution is 6.16. The summed E-state index contributed by atoms with van der Waals surface area (Å²) in [5.74, 6) is -0.642. The van der Waals surface area contributed by atoms with E-state index in [1.165, 1.54) is 0 Å². The fourth-order valence-electron chi connectivity index (χ4n) is 4.01. The highest BCUT2D eigenvalue weighted by Gasteiger charge is 2.49. The summed E-state index contributed by atoms with van der Waals surface area (Å²) in [4.78, 5) is 28.2. The van der Waals surface area contributed by atoms with E-state index in [1.54, 1.807) is 11.9 Å². The monoisotopic (exact) mass is 431 g/mol. The highest BCUT2D eigenvalue weighted by atomic mass is 16.5. The summed E-state index contributed by atoms with van der Waals surface area (Å²) in [7, 11) is 1.21.